The average molecular weight is 1160 g/mol. The number of allylic oxidation sites excluding steroid dienone is 10. The van der Waals surface area contributed by atoms with E-state index in [0.717, 1.165) is 64.2 Å². The SMILES string of the molecule is CC/C=C\C/C=C\C/C=C\C/C=C\C/C=C\CCCCCCCCCCCCCCCCCCCCCCCC(=O)OC(CO)COC(=O)CCCCCCCCCCCCCCCCCCCCCCCCCCCCCCCCCC. The number of aliphatic hydroxyl groups is 1. The van der Waals surface area contributed by atoms with Crippen LogP contribution in [0.3, 0.4) is 0 Å². The summed E-state index contributed by atoms with van der Waals surface area (Å²) in [5.41, 5.74) is 0. The number of rotatable bonds is 70. The van der Waals surface area contributed by atoms with Gasteiger partial charge in [-0.05, 0) is 57.8 Å². The number of unbranched alkanes of at least 4 members (excludes halogenated alkanes) is 52. The van der Waals surface area contributed by atoms with Gasteiger partial charge in [0.05, 0.1) is 6.61 Å². The summed E-state index contributed by atoms with van der Waals surface area (Å²) in [4.78, 5) is 24.7. The summed E-state index contributed by atoms with van der Waals surface area (Å²) < 4.78 is 10.8. The summed E-state index contributed by atoms with van der Waals surface area (Å²) in [5, 5.41) is 9.72. The van der Waals surface area contributed by atoms with Gasteiger partial charge in [-0.3, -0.25) is 9.59 Å². The van der Waals surface area contributed by atoms with E-state index in [2.05, 4.69) is 74.6 Å². The molecule has 1 N–H and O–H groups in total. The second kappa shape index (κ2) is 73.9. The van der Waals surface area contributed by atoms with Crippen LogP contribution in [-0.2, 0) is 19.1 Å². The van der Waals surface area contributed by atoms with Crippen molar-refractivity contribution in [2.75, 3.05) is 13.2 Å². The second-order valence-corrected chi connectivity index (χ2v) is 25.4. The molecular formula is C78H144O5. The Balaban J connectivity index is 3.38. The van der Waals surface area contributed by atoms with Gasteiger partial charge < -0.3 is 14.6 Å². The van der Waals surface area contributed by atoms with Crippen LogP contribution in [-0.4, -0.2) is 36.4 Å². The Bertz CT molecular complexity index is 1410. The van der Waals surface area contributed by atoms with E-state index in [0.29, 0.717) is 12.8 Å². The maximum Gasteiger partial charge on any atom is 0.306 e. The Morgan fingerprint density at radius 1 is 0.289 bits per heavy atom. The lowest BCUT2D eigenvalue weighted by molar-refractivity contribution is -0.161. The van der Waals surface area contributed by atoms with Crippen molar-refractivity contribution < 1.29 is 24.2 Å². The fraction of sp³-hybridized carbons (Fsp3) is 0.846. The van der Waals surface area contributed by atoms with Crippen molar-refractivity contribution in [3.63, 3.8) is 0 Å². The van der Waals surface area contributed by atoms with E-state index in [1.807, 2.05) is 0 Å². The van der Waals surface area contributed by atoms with Gasteiger partial charge in [0.2, 0.25) is 0 Å². The summed E-state index contributed by atoms with van der Waals surface area (Å²) in [5.74, 6) is -0.565. The van der Waals surface area contributed by atoms with E-state index < -0.39 is 6.10 Å². The van der Waals surface area contributed by atoms with Crippen molar-refractivity contribution in [3.05, 3.63) is 60.8 Å². The van der Waals surface area contributed by atoms with Gasteiger partial charge in [-0.15, -0.1) is 0 Å². The van der Waals surface area contributed by atoms with Crippen LogP contribution in [0.25, 0.3) is 0 Å². The van der Waals surface area contributed by atoms with Crippen molar-refractivity contribution in [3.8, 4) is 0 Å². The smallest absolute Gasteiger partial charge is 0.306 e. The van der Waals surface area contributed by atoms with Crippen LogP contribution in [0.1, 0.15) is 406 Å². The fourth-order valence-electron chi connectivity index (χ4n) is 11.5. The van der Waals surface area contributed by atoms with E-state index >= 15 is 0 Å². The maximum absolute atomic E-state index is 12.4. The number of hydrogen-bond acceptors (Lipinski definition) is 5. The van der Waals surface area contributed by atoms with Crippen LogP contribution in [0.15, 0.2) is 60.8 Å². The first-order valence-electron chi connectivity index (χ1n) is 37.3. The number of esters is 2. The standard InChI is InChI=1S/C78H144O5/c1-3-5-7-9-11-13-15-17-19-21-23-25-27-29-31-33-35-37-38-39-40-41-43-45-47-49-51-53-55-57-59-61-63-65-67-69-71-73-78(81)83-76(74-79)75-82-77(80)72-70-68-66-64-62-60-58-56-54-52-50-48-46-44-42-36-34-32-30-28-26-24-22-20-18-16-14-12-10-8-6-4-2/h5,7,11,13,17,19,23,25,29,31,76,79H,3-4,6,8-10,12,14-16,18,20-22,24,26-28,30,32-75H2,1-2H3/b7-5-,13-11-,19-17-,25-23-,31-29-. The van der Waals surface area contributed by atoms with Crippen molar-refractivity contribution in [2.45, 2.75) is 412 Å². The number of carbonyl (C=O) groups is 2. The highest BCUT2D eigenvalue weighted by Crippen LogP contribution is 2.20. The molecule has 0 aliphatic rings. The third kappa shape index (κ3) is 72.0. The van der Waals surface area contributed by atoms with Gasteiger partial charge in [0, 0.05) is 12.8 Å². The lowest BCUT2D eigenvalue weighted by atomic mass is 10.0. The molecule has 5 heteroatoms. The second-order valence-electron chi connectivity index (χ2n) is 25.4. The minimum Gasteiger partial charge on any atom is -0.462 e. The van der Waals surface area contributed by atoms with Gasteiger partial charge >= 0.3 is 11.9 Å². The van der Waals surface area contributed by atoms with E-state index in [1.165, 1.54) is 315 Å². The van der Waals surface area contributed by atoms with Crippen molar-refractivity contribution in [1.82, 2.24) is 0 Å². The largest absolute Gasteiger partial charge is 0.462 e. The monoisotopic (exact) mass is 1160 g/mol. The molecule has 1 unspecified atom stereocenters. The lowest BCUT2D eigenvalue weighted by Gasteiger charge is -2.15. The van der Waals surface area contributed by atoms with E-state index in [1.54, 1.807) is 0 Å². The molecule has 0 bridgehead atoms. The molecular weight excluding hydrogens is 1020 g/mol. The van der Waals surface area contributed by atoms with E-state index in [9.17, 15) is 14.7 Å². The normalized spacial score (nSPS) is 12.5. The van der Waals surface area contributed by atoms with Crippen LogP contribution in [0, 0.1) is 0 Å². The Morgan fingerprint density at radius 2 is 0.518 bits per heavy atom. The predicted octanol–water partition coefficient (Wildman–Crippen LogP) is 26.1. The number of ether oxygens (including phenoxy) is 2. The minimum atomic E-state index is -0.771. The molecule has 0 aromatic carbocycles. The van der Waals surface area contributed by atoms with Crippen LogP contribution in [0.2, 0.25) is 0 Å². The third-order valence-electron chi connectivity index (χ3n) is 17.1. The predicted molar refractivity (Wildman–Crippen MR) is 367 cm³/mol. The highest BCUT2D eigenvalue weighted by molar-refractivity contribution is 5.70. The molecule has 0 heterocycles. The molecule has 0 aromatic rings. The zero-order valence-corrected chi connectivity index (χ0v) is 56.0. The zero-order valence-electron chi connectivity index (χ0n) is 56.0. The van der Waals surface area contributed by atoms with Crippen molar-refractivity contribution in [1.29, 1.82) is 0 Å². The third-order valence-corrected chi connectivity index (χ3v) is 17.1. The van der Waals surface area contributed by atoms with Gasteiger partial charge in [0.1, 0.15) is 6.61 Å². The molecule has 0 aliphatic carbocycles. The van der Waals surface area contributed by atoms with Crippen LogP contribution in [0.5, 0.6) is 0 Å². The summed E-state index contributed by atoms with van der Waals surface area (Å²) in [6, 6.07) is 0. The quantitative estimate of drug-likeness (QED) is 0.0373. The summed E-state index contributed by atoms with van der Waals surface area (Å²) in [6.45, 7) is 4.09. The Kier molecular flexibility index (Phi) is 71.7. The first-order valence-corrected chi connectivity index (χ1v) is 37.3. The molecule has 0 spiro atoms. The zero-order chi connectivity index (χ0) is 59.8. The van der Waals surface area contributed by atoms with Gasteiger partial charge in [-0.1, -0.05) is 396 Å². The fourth-order valence-corrected chi connectivity index (χ4v) is 11.5. The van der Waals surface area contributed by atoms with Gasteiger partial charge in [-0.25, -0.2) is 0 Å². The highest BCUT2D eigenvalue weighted by atomic mass is 16.6. The molecule has 83 heavy (non-hydrogen) atoms. The first kappa shape index (κ1) is 80.6. The summed E-state index contributed by atoms with van der Waals surface area (Å²) >= 11 is 0. The molecule has 0 amide bonds. The van der Waals surface area contributed by atoms with Gasteiger partial charge in [0.15, 0.2) is 6.10 Å². The molecule has 0 aromatic heterocycles. The molecule has 0 aliphatic heterocycles. The molecule has 0 saturated heterocycles. The van der Waals surface area contributed by atoms with E-state index in [4.69, 9.17) is 9.47 Å². The summed E-state index contributed by atoms with van der Waals surface area (Å²) in [6.07, 6.45) is 101. The van der Waals surface area contributed by atoms with Gasteiger partial charge in [-0.2, -0.15) is 0 Å². The summed E-state index contributed by atoms with van der Waals surface area (Å²) in [7, 11) is 0. The van der Waals surface area contributed by atoms with Crippen LogP contribution < -0.4 is 0 Å². The number of hydrogen-bond donors (Lipinski definition) is 1. The maximum atomic E-state index is 12.4. The Labute approximate surface area is 519 Å². The minimum absolute atomic E-state index is 0.0595. The van der Waals surface area contributed by atoms with Gasteiger partial charge in [0.25, 0.3) is 0 Å². The highest BCUT2D eigenvalue weighted by Gasteiger charge is 2.16. The molecule has 1 atom stereocenters. The molecule has 0 radical (unpaired) electrons. The van der Waals surface area contributed by atoms with Crippen LogP contribution >= 0.6 is 0 Å². The van der Waals surface area contributed by atoms with Crippen molar-refractivity contribution in [2.24, 2.45) is 0 Å². The number of aliphatic hydroxyl groups excluding tert-OH is 1. The average Bonchev–Trinajstić information content (AvgIpc) is 3.49. The topological polar surface area (TPSA) is 72.8 Å². The Hall–Kier alpha value is -2.40. The van der Waals surface area contributed by atoms with E-state index in [-0.39, 0.29) is 25.2 Å². The molecule has 0 fully saturated rings. The molecule has 0 rings (SSSR count). The van der Waals surface area contributed by atoms with Crippen molar-refractivity contribution >= 4 is 11.9 Å². The molecule has 5 nitrogen and oxygen atoms in total. The number of carbonyl (C=O) groups excluding carboxylic acids is 2. The Morgan fingerprint density at radius 3 is 0.783 bits per heavy atom. The molecule has 0 saturated carbocycles. The lowest BCUT2D eigenvalue weighted by Crippen LogP contribution is -2.28. The molecule has 486 valence electrons. The van der Waals surface area contributed by atoms with Crippen LogP contribution in [0.4, 0.5) is 0 Å². The first-order chi connectivity index (χ1) is 41.1.